The third-order valence-corrected chi connectivity index (χ3v) is 4.85. The van der Waals surface area contributed by atoms with Crippen molar-refractivity contribution in [1.29, 1.82) is 0 Å². The summed E-state index contributed by atoms with van der Waals surface area (Å²) in [6, 6.07) is 19.1. The maximum Gasteiger partial charge on any atom is 0.123 e. The van der Waals surface area contributed by atoms with Crippen LogP contribution in [0.4, 0.5) is 0 Å². The molecule has 0 aromatic heterocycles. The molecule has 0 radical (unpaired) electrons. The van der Waals surface area contributed by atoms with E-state index in [1.165, 1.54) is 37.1 Å². The van der Waals surface area contributed by atoms with Crippen LogP contribution >= 0.6 is 0 Å². The maximum atomic E-state index is 5.48. The van der Waals surface area contributed by atoms with E-state index in [9.17, 15) is 0 Å². The van der Waals surface area contributed by atoms with Gasteiger partial charge >= 0.3 is 0 Å². The SMILES string of the molecule is COc1ccccc1CN[C@H](CCc1ccccc1)N1CCCC1. The first-order chi connectivity index (χ1) is 11.9. The molecule has 2 aromatic rings. The normalized spacial score (nSPS) is 16.2. The van der Waals surface area contributed by atoms with E-state index in [2.05, 4.69) is 52.7 Å². The number of hydrogen-bond donors (Lipinski definition) is 1. The van der Waals surface area contributed by atoms with Crippen molar-refractivity contribution >= 4 is 0 Å². The van der Waals surface area contributed by atoms with E-state index in [4.69, 9.17) is 4.74 Å². The highest BCUT2D eigenvalue weighted by Gasteiger charge is 2.21. The van der Waals surface area contributed by atoms with Crippen LogP contribution in [0.3, 0.4) is 0 Å². The number of nitrogens with zero attached hydrogens (tertiary/aromatic N) is 1. The minimum absolute atomic E-state index is 0.428. The zero-order valence-corrected chi connectivity index (χ0v) is 14.6. The molecular weight excluding hydrogens is 296 g/mol. The molecule has 24 heavy (non-hydrogen) atoms. The third-order valence-electron chi connectivity index (χ3n) is 4.85. The van der Waals surface area contributed by atoms with Crippen LogP contribution in [0, 0.1) is 0 Å². The van der Waals surface area contributed by atoms with Gasteiger partial charge in [-0.15, -0.1) is 0 Å². The lowest BCUT2D eigenvalue weighted by Crippen LogP contribution is -2.44. The molecule has 0 saturated carbocycles. The summed E-state index contributed by atoms with van der Waals surface area (Å²) in [7, 11) is 1.74. The fourth-order valence-electron chi connectivity index (χ4n) is 3.49. The molecule has 0 unspecified atom stereocenters. The maximum absolute atomic E-state index is 5.48. The van der Waals surface area contributed by atoms with Crippen LogP contribution in [0.2, 0.25) is 0 Å². The van der Waals surface area contributed by atoms with Crippen molar-refractivity contribution in [1.82, 2.24) is 10.2 Å². The number of methoxy groups -OCH3 is 1. The van der Waals surface area contributed by atoms with Crippen molar-refractivity contribution in [3.05, 3.63) is 65.7 Å². The van der Waals surface area contributed by atoms with Crippen LogP contribution < -0.4 is 10.1 Å². The van der Waals surface area contributed by atoms with E-state index in [-0.39, 0.29) is 0 Å². The van der Waals surface area contributed by atoms with Gasteiger partial charge in [0.05, 0.1) is 13.3 Å². The summed E-state index contributed by atoms with van der Waals surface area (Å²) >= 11 is 0. The lowest BCUT2D eigenvalue weighted by Gasteiger charge is -2.29. The number of benzene rings is 2. The second kappa shape index (κ2) is 8.86. The summed E-state index contributed by atoms with van der Waals surface area (Å²) in [5.74, 6) is 0.966. The fourth-order valence-corrected chi connectivity index (χ4v) is 3.49. The van der Waals surface area contributed by atoms with Gasteiger partial charge in [-0.2, -0.15) is 0 Å². The van der Waals surface area contributed by atoms with Gasteiger partial charge in [-0.3, -0.25) is 10.2 Å². The Balaban J connectivity index is 1.61. The van der Waals surface area contributed by atoms with Crippen LogP contribution in [0.5, 0.6) is 5.75 Å². The molecule has 1 atom stereocenters. The molecule has 0 bridgehead atoms. The molecule has 1 aliphatic heterocycles. The van der Waals surface area contributed by atoms with E-state index >= 15 is 0 Å². The van der Waals surface area contributed by atoms with Gasteiger partial charge in [-0.25, -0.2) is 0 Å². The van der Waals surface area contributed by atoms with Crippen molar-refractivity contribution < 1.29 is 4.74 Å². The number of aryl methyl sites for hydroxylation is 1. The van der Waals surface area contributed by atoms with Crippen molar-refractivity contribution in [2.45, 2.75) is 38.4 Å². The first-order valence-electron chi connectivity index (χ1n) is 9.00. The molecule has 1 aliphatic rings. The Kier molecular flexibility index (Phi) is 6.27. The lowest BCUT2D eigenvalue weighted by atomic mass is 10.1. The van der Waals surface area contributed by atoms with Crippen molar-refractivity contribution in [3.63, 3.8) is 0 Å². The number of nitrogens with one attached hydrogen (secondary N) is 1. The Labute approximate surface area is 145 Å². The van der Waals surface area contributed by atoms with Crippen molar-refractivity contribution in [3.8, 4) is 5.75 Å². The zero-order valence-electron chi connectivity index (χ0n) is 14.6. The van der Waals surface area contributed by atoms with Crippen LogP contribution in [-0.2, 0) is 13.0 Å². The summed E-state index contributed by atoms with van der Waals surface area (Å²) in [5.41, 5.74) is 2.64. The Hall–Kier alpha value is -1.84. The molecule has 3 heteroatoms. The standard InChI is InChI=1S/C21H28N2O/c1-24-20-12-6-5-11-19(20)17-22-21(23-15-7-8-16-23)14-13-18-9-3-2-4-10-18/h2-6,9-12,21-22H,7-8,13-17H2,1H3/t21-/m0/s1. The highest BCUT2D eigenvalue weighted by molar-refractivity contribution is 5.33. The smallest absolute Gasteiger partial charge is 0.123 e. The van der Waals surface area contributed by atoms with E-state index in [1.807, 2.05) is 12.1 Å². The second-order valence-corrected chi connectivity index (χ2v) is 6.48. The second-order valence-electron chi connectivity index (χ2n) is 6.48. The Morgan fingerprint density at radius 1 is 1.00 bits per heavy atom. The molecule has 128 valence electrons. The number of ether oxygens (including phenoxy) is 1. The van der Waals surface area contributed by atoms with Crippen molar-refractivity contribution in [2.75, 3.05) is 20.2 Å². The summed E-state index contributed by atoms with van der Waals surface area (Å²) in [6.45, 7) is 3.26. The molecule has 1 fully saturated rings. The van der Waals surface area contributed by atoms with E-state index in [1.54, 1.807) is 7.11 Å². The van der Waals surface area contributed by atoms with Gasteiger partial charge in [0.1, 0.15) is 5.75 Å². The Morgan fingerprint density at radius 2 is 1.71 bits per heavy atom. The quantitative estimate of drug-likeness (QED) is 0.798. The molecule has 0 spiro atoms. The summed E-state index contributed by atoms with van der Waals surface area (Å²) < 4.78 is 5.48. The first kappa shape index (κ1) is 17.0. The minimum Gasteiger partial charge on any atom is -0.496 e. The molecule has 1 N–H and O–H groups in total. The van der Waals surface area contributed by atoms with Gasteiger partial charge in [-0.05, 0) is 50.4 Å². The predicted octanol–water partition coefficient (Wildman–Crippen LogP) is 3.84. The zero-order chi connectivity index (χ0) is 16.6. The monoisotopic (exact) mass is 324 g/mol. The van der Waals surface area contributed by atoms with E-state index in [0.29, 0.717) is 6.17 Å². The molecule has 0 aliphatic carbocycles. The number of rotatable bonds is 8. The number of para-hydroxylation sites is 1. The van der Waals surface area contributed by atoms with Gasteiger partial charge in [0.15, 0.2) is 0 Å². The Morgan fingerprint density at radius 3 is 2.46 bits per heavy atom. The van der Waals surface area contributed by atoms with Crippen LogP contribution in [-0.4, -0.2) is 31.3 Å². The molecule has 1 saturated heterocycles. The lowest BCUT2D eigenvalue weighted by molar-refractivity contribution is 0.190. The van der Waals surface area contributed by atoms with Gasteiger partial charge in [0.2, 0.25) is 0 Å². The van der Waals surface area contributed by atoms with E-state index in [0.717, 1.165) is 25.1 Å². The molecule has 2 aromatic carbocycles. The summed E-state index contributed by atoms with van der Waals surface area (Å²) in [5, 5.41) is 3.77. The first-order valence-corrected chi connectivity index (χ1v) is 9.00. The average molecular weight is 324 g/mol. The number of likely N-dealkylation sites (tertiary alicyclic amines) is 1. The molecule has 3 nitrogen and oxygen atoms in total. The van der Waals surface area contributed by atoms with Gasteiger partial charge in [0.25, 0.3) is 0 Å². The highest BCUT2D eigenvalue weighted by Crippen LogP contribution is 2.19. The fraction of sp³-hybridized carbons (Fsp3) is 0.429. The van der Waals surface area contributed by atoms with Crippen molar-refractivity contribution in [2.24, 2.45) is 0 Å². The number of hydrogen-bond acceptors (Lipinski definition) is 3. The average Bonchev–Trinajstić information content (AvgIpc) is 3.17. The predicted molar refractivity (Wildman–Crippen MR) is 99.2 cm³/mol. The topological polar surface area (TPSA) is 24.5 Å². The molecule has 0 amide bonds. The van der Waals surface area contributed by atoms with Crippen LogP contribution in [0.25, 0.3) is 0 Å². The highest BCUT2D eigenvalue weighted by atomic mass is 16.5. The molecular formula is C21H28N2O. The van der Waals surface area contributed by atoms with Gasteiger partial charge in [-0.1, -0.05) is 48.5 Å². The van der Waals surface area contributed by atoms with Gasteiger partial charge < -0.3 is 4.74 Å². The van der Waals surface area contributed by atoms with E-state index < -0.39 is 0 Å². The molecule has 3 rings (SSSR count). The minimum atomic E-state index is 0.428. The summed E-state index contributed by atoms with van der Waals surface area (Å²) in [6.07, 6.45) is 5.31. The van der Waals surface area contributed by atoms with Gasteiger partial charge in [0, 0.05) is 12.1 Å². The van der Waals surface area contributed by atoms with Crippen LogP contribution in [0.15, 0.2) is 54.6 Å². The Bertz CT molecular complexity index is 608. The largest absolute Gasteiger partial charge is 0.496 e. The summed E-state index contributed by atoms with van der Waals surface area (Å²) in [4.78, 5) is 2.60. The molecule has 1 heterocycles. The third kappa shape index (κ3) is 4.59. The van der Waals surface area contributed by atoms with Crippen LogP contribution in [0.1, 0.15) is 30.4 Å².